The summed E-state index contributed by atoms with van der Waals surface area (Å²) in [7, 11) is 0. The quantitative estimate of drug-likeness (QED) is 0.394. The van der Waals surface area contributed by atoms with Crippen LogP contribution in [-0.2, 0) is 4.74 Å². The van der Waals surface area contributed by atoms with Crippen molar-refractivity contribution in [3.8, 4) is 10.6 Å². The van der Waals surface area contributed by atoms with Gasteiger partial charge < -0.3 is 9.84 Å². The highest BCUT2D eigenvalue weighted by Gasteiger charge is 2.64. The van der Waals surface area contributed by atoms with E-state index in [1.54, 1.807) is 23.1 Å². The summed E-state index contributed by atoms with van der Waals surface area (Å²) >= 11 is 1.70. The van der Waals surface area contributed by atoms with E-state index in [0.717, 1.165) is 59.0 Å². The fourth-order valence-corrected chi connectivity index (χ4v) is 11.2. The van der Waals surface area contributed by atoms with Gasteiger partial charge in [-0.05, 0) is 110 Å². The van der Waals surface area contributed by atoms with Crippen molar-refractivity contribution in [3.05, 3.63) is 41.2 Å². The highest BCUT2D eigenvalue weighted by atomic mass is 32.1. The number of allylic oxidation sites excluding steroid dienone is 1. The first kappa shape index (κ1) is 26.3. The smallest absolute Gasteiger partial charge is 0.149 e. The van der Waals surface area contributed by atoms with Gasteiger partial charge in [-0.15, -0.1) is 10.2 Å². The van der Waals surface area contributed by atoms with E-state index >= 15 is 0 Å². The molecule has 0 unspecified atom stereocenters. The van der Waals surface area contributed by atoms with Gasteiger partial charge in [0.2, 0.25) is 0 Å². The van der Waals surface area contributed by atoms with Crippen LogP contribution in [0.1, 0.15) is 96.4 Å². The van der Waals surface area contributed by atoms with E-state index in [-0.39, 0.29) is 6.10 Å². The molecule has 4 aliphatic carbocycles. The summed E-state index contributed by atoms with van der Waals surface area (Å²) in [5, 5.41) is 21.4. The third-order valence-corrected chi connectivity index (χ3v) is 13.5. The van der Waals surface area contributed by atoms with Crippen LogP contribution in [0.15, 0.2) is 36.2 Å². The highest BCUT2D eigenvalue weighted by Crippen LogP contribution is 2.69. The van der Waals surface area contributed by atoms with E-state index in [2.05, 4.69) is 55.0 Å². The van der Waals surface area contributed by atoms with Crippen LogP contribution >= 0.6 is 11.3 Å². The minimum Gasteiger partial charge on any atom is -0.393 e. The number of hydrogen-bond donors (Lipinski definition) is 1. The molecular formula is C33H45N3O2S. The van der Waals surface area contributed by atoms with Crippen LogP contribution in [0.4, 0.5) is 0 Å². The van der Waals surface area contributed by atoms with Crippen LogP contribution in [0.3, 0.4) is 0 Å². The van der Waals surface area contributed by atoms with E-state index in [0.29, 0.717) is 40.8 Å². The predicted octanol–water partition coefficient (Wildman–Crippen LogP) is 7.44. The van der Waals surface area contributed by atoms with Gasteiger partial charge in [-0.1, -0.05) is 50.7 Å². The second-order valence-electron chi connectivity index (χ2n) is 14.2. The van der Waals surface area contributed by atoms with Gasteiger partial charge in [0.1, 0.15) is 10.0 Å². The van der Waals surface area contributed by atoms with Gasteiger partial charge in [0.05, 0.1) is 18.3 Å². The van der Waals surface area contributed by atoms with Crippen LogP contribution in [0.2, 0.25) is 0 Å². The van der Waals surface area contributed by atoms with Crippen LogP contribution in [-0.4, -0.2) is 38.6 Å². The number of rotatable bonds is 5. The second kappa shape index (κ2) is 9.73. The van der Waals surface area contributed by atoms with Gasteiger partial charge in [0.25, 0.3) is 0 Å². The molecule has 39 heavy (non-hydrogen) atoms. The first-order valence-corrected chi connectivity index (χ1v) is 16.4. The molecule has 6 heteroatoms. The zero-order valence-electron chi connectivity index (χ0n) is 24.1. The summed E-state index contributed by atoms with van der Waals surface area (Å²) < 4.78 is 6.95. The number of aliphatic hydroxyl groups is 1. The lowest BCUT2D eigenvalue weighted by Crippen LogP contribution is -2.51. The summed E-state index contributed by atoms with van der Waals surface area (Å²) in [6, 6.07) is 4.01. The largest absolute Gasteiger partial charge is 0.393 e. The first-order chi connectivity index (χ1) is 18.8. The van der Waals surface area contributed by atoms with Crippen molar-refractivity contribution in [1.29, 1.82) is 0 Å². The van der Waals surface area contributed by atoms with E-state index < -0.39 is 0 Å². The van der Waals surface area contributed by atoms with Crippen molar-refractivity contribution in [1.82, 2.24) is 15.2 Å². The molecule has 0 bridgehead atoms. The molecule has 0 amide bonds. The molecule has 210 valence electrons. The number of nitrogens with zero attached hydrogens (tertiary/aromatic N) is 3. The lowest BCUT2D eigenvalue weighted by molar-refractivity contribution is -0.0589. The normalized spacial score (nSPS) is 43.7. The lowest BCUT2D eigenvalue weighted by Gasteiger charge is -2.58. The number of ether oxygens (including phenoxy) is 1. The molecule has 0 aromatic carbocycles. The molecule has 0 radical (unpaired) electrons. The standard InChI is InChI=1S/C33H45N3O2S/c1-19(30-35-36-31(39-30)21-6-5-15-34-18-21)7-10-27-20(2)29-28(38-27)17-26-24-9-8-22-16-23(37)11-13-32(22,3)25(24)12-14-33(26,29)4/h5-6,8,15,18-20,23-29,37H,7,9-14,16-17H2,1-4H3/t19-,20-,23+,24-,25+,26+,27-,28+,29+,32+,33+/m1/s1. The number of fused-ring (bicyclic) bond motifs is 7. The minimum atomic E-state index is -0.121. The molecule has 3 heterocycles. The number of aromatic nitrogens is 3. The fourth-order valence-electron chi connectivity index (χ4n) is 10.2. The van der Waals surface area contributed by atoms with Crippen molar-refractivity contribution in [3.63, 3.8) is 0 Å². The molecular weight excluding hydrogens is 502 g/mol. The monoisotopic (exact) mass is 547 g/mol. The maximum atomic E-state index is 10.3. The Morgan fingerprint density at radius 1 is 1.18 bits per heavy atom. The van der Waals surface area contributed by atoms with Crippen molar-refractivity contribution >= 4 is 11.3 Å². The lowest BCUT2D eigenvalue weighted by atomic mass is 9.47. The van der Waals surface area contributed by atoms with Crippen LogP contribution in [0.5, 0.6) is 0 Å². The molecule has 3 saturated carbocycles. The Morgan fingerprint density at radius 2 is 2.05 bits per heavy atom. The predicted molar refractivity (Wildman–Crippen MR) is 155 cm³/mol. The first-order valence-electron chi connectivity index (χ1n) is 15.5. The Balaban J connectivity index is 1.02. The zero-order valence-corrected chi connectivity index (χ0v) is 24.9. The molecule has 1 N–H and O–H groups in total. The minimum absolute atomic E-state index is 0.121. The molecule has 7 rings (SSSR count). The second-order valence-corrected chi connectivity index (χ2v) is 15.2. The van der Waals surface area contributed by atoms with E-state index in [9.17, 15) is 5.11 Å². The molecule has 4 fully saturated rings. The maximum absolute atomic E-state index is 10.3. The van der Waals surface area contributed by atoms with Gasteiger partial charge in [0, 0.05) is 23.9 Å². The summed E-state index contributed by atoms with van der Waals surface area (Å²) in [5.41, 5.74) is 3.34. The van der Waals surface area contributed by atoms with Crippen LogP contribution < -0.4 is 0 Å². The molecule has 0 spiro atoms. The van der Waals surface area contributed by atoms with E-state index in [1.165, 1.54) is 32.1 Å². The van der Waals surface area contributed by atoms with E-state index in [4.69, 9.17) is 4.74 Å². The van der Waals surface area contributed by atoms with Gasteiger partial charge in [0.15, 0.2) is 0 Å². The van der Waals surface area contributed by atoms with Crippen LogP contribution in [0, 0.1) is 40.4 Å². The van der Waals surface area contributed by atoms with Gasteiger partial charge >= 0.3 is 0 Å². The Morgan fingerprint density at radius 3 is 2.87 bits per heavy atom. The molecule has 1 aliphatic heterocycles. The van der Waals surface area contributed by atoms with Crippen molar-refractivity contribution in [2.24, 2.45) is 40.4 Å². The third kappa shape index (κ3) is 4.18. The van der Waals surface area contributed by atoms with Gasteiger partial charge in [-0.2, -0.15) is 0 Å². The van der Waals surface area contributed by atoms with E-state index in [1.807, 2.05) is 12.3 Å². The van der Waals surface area contributed by atoms with Crippen molar-refractivity contribution in [2.45, 2.75) is 110 Å². The summed E-state index contributed by atoms with van der Waals surface area (Å²) in [6.07, 6.45) is 17.3. The molecule has 5 nitrogen and oxygen atoms in total. The van der Waals surface area contributed by atoms with Gasteiger partial charge in [-0.25, -0.2) is 0 Å². The molecule has 11 atom stereocenters. The average molecular weight is 548 g/mol. The maximum Gasteiger partial charge on any atom is 0.149 e. The average Bonchev–Trinajstić information content (AvgIpc) is 3.62. The molecule has 2 aromatic rings. The van der Waals surface area contributed by atoms with Crippen molar-refractivity contribution in [2.75, 3.05) is 0 Å². The third-order valence-electron chi connectivity index (χ3n) is 12.3. The molecule has 5 aliphatic rings. The SMILES string of the molecule is C[C@H]1[C@H]2[C@H](C[C@H]3[C@@H]4CC=C5C[C@@H](O)CC[C@]5(C)[C@H]4CC[C@]23C)O[C@@H]1CC[C@@H](C)c1nnc(-c2cccnc2)s1. The number of aliphatic hydroxyl groups excluding tert-OH is 1. The summed E-state index contributed by atoms with van der Waals surface area (Å²) in [5.74, 6) is 4.05. The Hall–Kier alpha value is -1.63. The topological polar surface area (TPSA) is 68.1 Å². The molecule has 2 aromatic heterocycles. The summed E-state index contributed by atoms with van der Waals surface area (Å²) in [6.45, 7) is 9.96. The molecule has 1 saturated heterocycles. The Kier molecular flexibility index (Phi) is 6.56. The highest BCUT2D eigenvalue weighted by molar-refractivity contribution is 7.14. The Bertz CT molecular complexity index is 1230. The summed E-state index contributed by atoms with van der Waals surface area (Å²) in [4.78, 5) is 4.23. The van der Waals surface area contributed by atoms with Crippen molar-refractivity contribution < 1.29 is 9.84 Å². The van der Waals surface area contributed by atoms with Crippen LogP contribution in [0.25, 0.3) is 10.6 Å². The van der Waals surface area contributed by atoms with Gasteiger partial charge in [-0.3, -0.25) is 4.98 Å². The number of pyridine rings is 1. The Labute approximate surface area is 237 Å². The number of hydrogen-bond acceptors (Lipinski definition) is 6. The zero-order chi connectivity index (χ0) is 26.9. The fraction of sp³-hybridized carbons (Fsp3) is 0.727.